The molecule has 0 saturated carbocycles. The first-order valence-corrected chi connectivity index (χ1v) is 5.45. The Morgan fingerprint density at radius 3 is 2.92 bits per heavy atom. The Morgan fingerprint density at radius 1 is 1.38 bits per heavy atom. The second kappa shape index (κ2) is 3.67. The topological polar surface area (TPSA) is 25.8 Å². The van der Waals surface area contributed by atoms with Crippen LogP contribution in [0.5, 0.6) is 0 Å². The first-order chi connectivity index (χ1) is 6.29. The molecule has 1 heterocycles. The van der Waals surface area contributed by atoms with Crippen LogP contribution in [-0.4, -0.2) is 10.2 Å². The summed E-state index contributed by atoms with van der Waals surface area (Å²) in [7, 11) is 0. The summed E-state index contributed by atoms with van der Waals surface area (Å²) in [6.45, 7) is 0. The van der Waals surface area contributed by atoms with Gasteiger partial charge in [0.2, 0.25) is 0 Å². The molecule has 1 aromatic heterocycles. The third kappa shape index (κ3) is 1.71. The molecule has 0 unspecified atom stereocenters. The first kappa shape index (κ1) is 9.01. The average molecular weight is 306 g/mol. The van der Waals surface area contributed by atoms with Crippen molar-refractivity contribution in [3.8, 4) is 10.6 Å². The van der Waals surface area contributed by atoms with Crippen LogP contribution < -0.4 is 0 Å². The van der Waals surface area contributed by atoms with Crippen molar-refractivity contribution in [1.82, 2.24) is 10.2 Å². The SMILES string of the molecule is Fc1cccc(-c2nncs2)c1I. The van der Waals surface area contributed by atoms with Crippen LogP contribution in [0.15, 0.2) is 23.7 Å². The molecule has 0 aliphatic carbocycles. The fourth-order valence-electron chi connectivity index (χ4n) is 0.959. The molecular weight excluding hydrogens is 302 g/mol. The number of rotatable bonds is 1. The van der Waals surface area contributed by atoms with Gasteiger partial charge in [0.05, 0.1) is 3.57 Å². The van der Waals surface area contributed by atoms with Crippen molar-refractivity contribution >= 4 is 33.9 Å². The highest BCUT2D eigenvalue weighted by atomic mass is 127. The molecule has 2 nitrogen and oxygen atoms in total. The molecule has 0 spiro atoms. The maximum Gasteiger partial charge on any atom is 0.148 e. The van der Waals surface area contributed by atoms with Gasteiger partial charge in [-0.1, -0.05) is 23.5 Å². The van der Waals surface area contributed by atoms with Crippen LogP contribution in [0.3, 0.4) is 0 Å². The fraction of sp³-hybridized carbons (Fsp3) is 0. The molecule has 0 bridgehead atoms. The first-order valence-electron chi connectivity index (χ1n) is 3.49. The predicted molar refractivity (Wildman–Crippen MR) is 58.0 cm³/mol. The Balaban J connectivity index is 2.59. The number of benzene rings is 1. The van der Waals surface area contributed by atoms with Gasteiger partial charge in [0.1, 0.15) is 16.3 Å². The highest BCUT2D eigenvalue weighted by Gasteiger charge is 2.09. The second-order valence-electron chi connectivity index (χ2n) is 2.35. The minimum Gasteiger partial charge on any atom is -0.206 e. The molecule has 0 radical (unpaired) electrons. The smallest absolute Gasteiger partial charge is 0.148 e. The Hall–Kier alpha value is -0.560. The lowest BCUT2D eigenvalue weighted by molar-refractivity contribution is 0.621. The molecular formula is C8H4FIN2S. The molecule has 0 aliphatic heterocycles. The van der Waals surface area contributed by atoms with Crippen LogP contribution in [0.2, 0.25) is 0 Å². The molecule has 13 heavy (non-hydrogen) atoms. The molecule has 2 aromatic rings. The van der Waals surface area contributed by atoms with Crippen LogP contribution in [0, 0.1) is 9.39 Å². The molecule has 5 heteroatoms. The van der Waals surface area contributed by atoms with Gasteiger partial charge in [0.25, 0.3) is 0 Å². The minimum atomic E-state index is -0.215. The maximum atomic E-state index is 13.1. The van der Waals surface area contributed by atoms with Gasteiger partial charge in [-0.05, 0) is 28.7 Å². The zero-order valence-corrected chi connectivity index (χ0v) is 9.34. The Morgan fingerprint density at radius 2 is 2.23 bits per heavy atom. The van der Waals surface area contributed by atoms with E-state index >= 15 is 0 Å². The van der Waals surface area contributed by atoms with Crippen LogP contribution in [0.25, 0.3) is 10.6 Å². The summed E-state index contributed by atoms with van der Waals surface area (Å²) in [5, 5.41) is 8.35. The molecule has 1 aromatic carbocycles. The van der Waals surface area contributed by atoms with E-state index in [1.54, 1.807) is 11.6 Å². The van der Waals surface area contributed by atoms with Gasteiger partial charge in [0, 0.05) is 5.56 Å². The molecule has 66 valence electrons. The maximum absolute atomic E-state index is 13.1. The predicted octanol–water partition coefficient (Wildman–Crippen LogP) is 2.95. The summed E-state index contributed by atoms with van der Waals surface area (Å²) in [5.74, 6) is -0.215. The summed E-state index contributed by atoms with van der Waals surface area (Å²) in [6.07, 6.45) is 0. The Kier molecular flexibility index (Phi) is 2.54. The molecule has 0 atom stereocenters. The number of aromatic nitrogens is 2. The van der Waals surface area contributed by atoms with E-state index in [2.05, 4.69) is 10.2 Å². The number of hydrogen-bond donors (Lipinski definition) is 0. The van der Waals surface area contributed by atoms with Gasteiger partial charge in [-0.3, -0.25) is 0 Å². The van der Waals surface area contributed by atoms with Crippen molar-refractivity contribution in [2.75, 3.05) is 0 Å². The van der Waals surface area contributed by atoms with E-state index in [-0.39, 0.29) is 5.82 Å². The molecule has 0 fully saturated rings. The third-order valence-electron chi connectivity index (χ3n) is 1.54. The van der Waals surface area contributed by atoms with E-state index in [9.17, 15) is 4.39 Å². The van der Waals surface area contributed by atoms with Crippen LogP contribution in [0.4, 0.5) is 4.39 Å². The monoisotopic (exact) mass is 306 g/mol. The second-order valence-corrected chi connectivity index (χ2v) is 4.26. The quantitative estimate of drug-likeness (QED) is 0.757. The van der Waals surface area contributed by atoms with Gasteiger partial charge in [-0.25, -0.2) is 4.39 Å². The lowest BCUT2D eigenvalue weighted by Gasteiger charge is -1.99. The Bertz CT molecular complexity index is 416. The zero-order chi connectivity index (χ0) is 9.26. The molecule has 0 saturated heterocycles. The molecule has 2 rings (SSSR count). The molecule has 0 aliphatic rings. The van der Waals surface area contributed by atoms with E-state index in [0.29, 0.717) is 3.57 Å². The van der Waals surface area contributed by atoms with E-state index in [4.69, 9.17) is 0 Å². The van der Waals surface area contributed by atoms with E-state index < -0.39 is 0 Å². The van der Waals surface area contributed by atoms with Crippen LogP contribution >= 0.6 is 33.9 Å². The number of hydrogen-bond acceptors (Lipinski definition) is 3. The number of nitrogens with zero attached hydrogens (tertiary/aromatic N) is 2. The van der Waals surface area contributed by atoms with Crippen molar-refractivity contribution in [2.24, 2.45) is 0 Å². The lowest BCUT2D eigenvalue weighted by Crippen LogP contribution is -1.86. The van der Waals surface area contributed by atoms with Crippen molar-refractivity contribution in [1.29, 1.82) is 0 Å². The number of halogens is 2. The van der Waals surface area contributed by atoms with Gasteiger partial charge in [0.15, 0.2) is 0 Å². The summed E-state index contributed by atoms with van der Waals surface area (Å²) >= 11 is 3.38. The Labute approximate surface area is 92.0 Å². The van der Waals surface area contributed by atoms with E-state index in [1.807, 2.05) is 28.7 Å². The highest BCUT2D eigenvalue weighted by Crippen LogP contribution is 2.27. The van der Waals surface area contributed by atoms with Gasteiger partial charge >= 0.3 is 0 Å². The fourth-order valence-corrected chi connectivity index (χ4v) is 2.34. The van der Waals surface area contributed by atoms with Gasteiger partial charge < -0.3 is 0 Å². The van der Waals surface area contributed by atoms with Crippen molar-refractivity contribution in [2.45, 2.75) is 0 Å². The van der Waals surface area contributed by atoms with Crippen LogP contribution in [0.1, 0.15) is 0 Å². The normalized spacial score (nSPS) is 10.3. The van der Waals surface area contributed by atoms with E-state index in [0.717, 1.165) is 10.6 Å². The van der Waals surface area contributed by atoms with Crippen LogP contribution in [-0.2, 0) is 0 Å². The minimum absolute atomic E-state index is 0.215. The standard InChI is InChI=1S/C8H4FIN2S/c9-6-3-1-2-5(7(6)10)8-12-11-4-13-8/h1-4H. The summed E-state index contributed by atoms with van der Waals surface area (Å²) in [4.78, 5) is 0. The van der Waals surface area contributed by atoms with Crippen molar-refractivity contribution in [3.05, 3.63) is 33.1 Å². The largest absolute Gasteiger partial charge is 0.206 e. The summed E-state index contributed by atoms with van der Waals surface area (Å²) < 4.78 is 13.7. The molecule has 0 N–H and O–H groups in total. The van der Waals surface area contributed by atoms with Crippen molar-refractivity contribution in [3.63, 3.8) is 0 Å². The lowest BCUT2D eigenvalue weighted by atomic mass is 10.2. The molecule has 0 amide bonds. The highest BCUT2D eigenvalue weighted by molar-refractivity contribution is 14.1. The average Bonchev–Trinajstić information content (AvgIpc) is 2.62. The third-order valence-corrected chi connectivity index (χ3v) is 3.36. The van der Waals surface area contributed by atoms with E-state index in [1.165, 1.54) is 17.4 Å². The van der Waals surface area contributed by atoms with Gasteiger partial charge in [-0.15, -0.1) is 10.2 Å². The zero-order valence-electron chi connectivity index (χ0n) is 6.37. The van der Waals surface area contributed by atoms with Gasteiger partial charge in [-0.2, -0.15) is 0 Å². The summed E-state index contributed by atoms with van der Waals surface area (Å²) in [6, 6.07) is 4.95. The summed E-state index contributed by atoms with van der Waals surface area (Å²) in [5.41, 5.74) is 2.44. The van der Waals surface area contributed by atoms with Crippen molar-refractivity contribution < 1.29 is 4.39 Å².